The number of hydrogen-bond donors (Lipinski definition) is 0. The molecule has 1 heterocycles. The van der Waals surface area contributed by atoms with Crippen molar-refractivity contribution >= 4 is 0 Å². The van der Waals surface area contributed by atoms with Gasteiger partial charge in [0.2, 0.25) is 6.54 Å². The van der Waals surface area contributed by atoms with E-state index >= 15 is 0 Å². The largest absolute Gasteiger partial charge is 0.275 e. The number of rotatable bonds is 2. The molecule has 0 bridgehead atoms. The summed E-state index contributed by atoms with van der Waals surface area (Å²) in [6.45, 7) is -0.145. The molecule has 0 saturated carbocycles. The number of aryl methyl sites for hydroxylation is 1. The normalized spacial score (nSPS) is 9.70. The van der Waals surface area contributed by atoms with Crippen LogP contribution in [-0.2, 0) is 13.6 Å². The molecule has 0 saturated heterocycles. The molecule has 10 heavy (non-hydrogen) atoms. The lowest BCUT2D eigenvalue weighted by Crippen LogP contribution is -1.96. The number of nitrogens with zero attached hydrogens (tertiary/aromatic N) is 3. The van der Waals surface area contributed by atoms with Gasteiger partial charge in [-0.25, -0.2) is 0 Å². The topological polar surface area (TPSA) is 61.0 Å². The summed E-state index contributed by atoms with van der Waals surface area (Å²) in [6.07, 6.45) is 3.12. The van der Waals surface area contributed by atoms with E-state index in [2.05, 4.69) is 5.10 Å². The average Bonchev–Trinajstić information content (AvgIpc) is 2.13. The van der Waals surface area contributed by atoms with E-state index in [4.69, 9.17) is 0 Å². The second-order valence-electron chi connectivity index (χ2n) is 2.01. The summed E-state index contributed by atoms with van der Waals surface area (Å²) in [4.78, 5) is 9.57. The molecule has 1 aromatic rings. The molecular weight excluding hydrogens is 134 g/mol. The molecule has 0 radical (unpaired) electrons. The van der Waals surface area contributed by atoms with E-state index < -0.39 is 0 Å². The van der Waals surface area contributed by atoms with Gasteiger partial charge < -0.3 is 0 Å². The van der Waals surface area contributed by atoms with Gasteiger partial charge in [0.1, 0.15) is 0 Å². The third-order valence-corrected chi connectivity index (χ3v) is 1.07. The lowest BCUT2D eigenvalue weighted by molar-refractivity contribution is -0.496. The van der Waals surface area contributed by atoms with Crippen molar-refractivity contribution < 1.29 is 4.92 Å². The standard InChI is InChI=1S/C5H7N3O2/c1-7-3-5(2-6-7)4-8(9)10/h2-3H,4H2,1H3. The number of hydrogen-bond acceptors (Lipinski definition) is 3. The van der Waals surface area contributed by atoms with Crippen molar-refractivity contribution in [3.05, 3.63) is 28.1 Å². The first kappa shape index (κ1) is 6.73. The molecule has 0 aromatic carbocycles. The highest BCUT2D eigenvalue weighted by Crippen LogP contribution is 1.96. The Hall–Kier alpha value is -1.39. The van der Waals surface area contributed by atoms with Crippen LogP contribution in [0.1, 0.15) is 5.56 Å². The van der Waals surface area contributed by atoms with Crippen molar-refractivity contribution in [3.8, 4) is 0 Å². The quantitative estimate of drug-likeness (QED) is 0.436. The highest BCUT2D eigenvalue weighted by molar-refractivity contribution is 5.00. The second-order valence-corrected chi connectivity index (χ2v) is 2.01. The molecule has 5 nitrogen and oxygen atoms in total. The fraction of sp³-hybridized carbons (Fsp3) is 0.400. The van der Waals surface area contributed by atoms with Gasteiger partial charge in [-0.2, -0.15) is 5.10 Å². The third-order valence-electron chi connectivity index (χ3n) is 1.07. The van der Waals surface area contributed by atoms with Crippen LogP contribution in [0.5, 0.6) is 0 Å². The molecule has 0 aliphatic rings. The van der Waals surface area contributed by atoms with Gasteiger partial charge in [-0.3, -0.25) is 14.8 Å². The maximum Gasteiger partial charge on any atom is 0.231 e. The Morgan fingerprint density at radius 3 is 3.00 bits per heavy atom. The first-order valence-corrected chi connectivity index (χ1v) is 2.78. The summed E-state index contributed by atoms with van der Waals surface area (Å²) in [6, 6.07) is 0. The molecule has 1 aromatic heterocycles. The minimum atomic E-state index is -0.378. The maximum atomic E-state index is 9.95. The van der Waals surface area contributed by atoms with Crippen molar-refractivity contribution in [3.63, 3.8) is 0 Å². The van der Waals surface area contributed by atoms with Gasteiger partial charge >= 0.3 is 0 Å². The van der Waals surface area contributed by atoms with E-state index in [0.29, 0.717) is 5.56 Å². The van der Waals surface area contributed by atoms with Gasteiger partial charge in [0, 0.05) is 18.2 Å². The number of aromatic nitrogens is 2. The Morgan fingerprint density at radius 2 is 2.60 bits per heavy atom. The summed E-state index contributed by atoms with van der Waals surface area (Å²) in [7, 11) is 1.73. The monoisotopic (exact) mass is 141 g/mol. The van der Waals surface area contributed by atoms with E-state index in [9.17, 15) is 10.1 Å². The fourth-order valence-corrected chi connectivity index (χ4v) is 0.703. The van der Waals surface area contributed by atoms with E-state index in [1.165, 1.54) is 6.20 Å². The van der Waals surface area contributed by atoms with Crippen LogP contribution in [-0.4, -0.2) is 14.7 Å². The van der Waals surface area contributed by atoms with Gasteiger partial charge in [0.15, 0.2) is 0 Å². The molecule has 0 amide bonds. The minimum absolute atomic E-state index is 0.145. The molecule has 54 valence electrons. The summed E-state index contributed by atoms with van der Waals surface area (Å²) < 4.78 is 1.54. The van der Waals surface area contributed by atoms with Crippen LogP contribution < -0.4 is 0 Å². The van der Waals surface area contributed by atoms with Crippen molar-refractivity contribution in [2.75, 3.05) is 0 Å². The average molecular weight is 141 g/mol. The van der Waals surface area contributed by atoms with Gasteiger partial charge in [-0.1, -0.05) is 0 Å². The lowest BCUT2D eigenvalue weighted by Gasteiger charge is -1.85. The van der Waals surface area contributed by atoms with Crippen LogP contribution in [0.3, 0.4) is 0 Å². The molecular formula is C5H7N3O2. The fourth-order valence-electron chi connectivity index (χ4n) is 0.703. The minimum Gasteiger partial charge on any atom is -0.275 e. The Balaban J connectivity index is 2.67. The first-order chi connectivity index (χ1) is 4.68. The second kappa shape index (κ2) is 2.47. The van der Waals surface area contributed by atoms with E-state index in [-0.39, 0.29) is 11.5 Å². The maximum absolute atomic E-state index is 9.95. The number of nitro groups is 1. The van der Waals surface area contributed by atoms with Crippen LogP contribution in [0.15, 0.2) is 12.4 Å². The van der Waals surface area contributed by atoms with Gasteiger partial charge in [-0.15, -0.1) is 0 Å². The van der Waals surface area contributed by atoms with Gasteiger partial charge in [0.05, 0.1) is 11.8 Å². The molecule has 5 heteroatoms. The van der Waals surface area contributed by atoms with Crippen molar-refractivity contribution in [2.24, 2.45) is 7.05 Å². The summed E-state index contributed by atoms with van der Waals surface area (Å²) in [5.41, 5.74) is 0.632. The van der Waals surface area contributed by atoms with Crippen molar-refractivity contribution in [1.82, 2.24) is 9.78 Å². The molecule has 0 spiro atoms. The zero-order valence-corrected chi connectivity index (χ0v) is 5.52. The van der Waals surface area contributed by atoms with E-state index in [0.717, 1.165) is 0 Å². The zero-order valence-electron chi connectivity index (χ0n) is 5.52. The van der Waals surface area contributed by atoms with Gasteiger partial charge in [-0.05, 0) is 0 Å². The Bertz CT molecular complexity index is 243. The first-order valence-electron chi connectivity index (χ1n) is 2.78. The van der Waals surface area contributed by atoms with Crippen LogP contribution in [0.25, 0.3) is 0 Å². The molecule has 0 aliphatic carbocycles. The van der Waals surface area contributed by atoms with Crippen LogP contribution in [0.2, 0.25) is 0 Å². The van der Waals surface area contributed by atoms with Crippen LogP contribution in [0.4, 0.5) is 0 Å². The summed E-state index contributed by atoms with van der Waals surface area (Å²) in [5, 5.41) is 13.7. The van der Waals surface area contributed by atoms with E-state index in [1.54, 1.807) is 17.9 Å². The molecule has 0 fully saturated rings. The smallest absolute Gasteiger partial charge is 0.231 e. The highest BCUT2D eigenvalue weighted by Gasteiger charge is 2.01. The van der Waals surface area contributed by atoms with Crippen molar-refractivity contribution in [2.45, 2.75) is 6.54 Å². The van der Waals surface area contributed by atoms with Gasteiger partial charge in [0.25, 0.3) is 0 Å². The van der Waals surface area contributed by atoms with Crippen LogP contribution in [0, 0.1) is 10.1 Å². The molecule has 0 aliphatic heterocycles. The molecule has 0 atom stereocenters. The molecule has 1 rings (SSSR count). The Labute approximate surface area is 57.4 Å². The lowest BCUT2D eigenvalue weighted by atomic mass is 10.4. The Morgan fingerprint density at radius 1 is 1.90 bits per heavy atom. The third kappa shape index (κ3) is 1.54. The van der Waals surface area contributed by atoms with Crippen LogP contribution >= 0.6 is 0 Å². The predicted molar refractivity (Wildman–Crippen MR) is 33.9 cm³/mol. The Kier molecular flexibility index (Phi) is 1.66. The summed E-state index contributed by atoms with van der Waals surface area (Å²) in [5.74, 6) is 0. The zero-order chi connectivity index (χ0) is 7.56. The highest BCUT2D eigenvalue weighted by atomic mass is 16.6. The van der Waals surface area contributed by atoms with Crippen molar-refractivity contribution in [1.29, 1.82) is 0 Å². The van der Waals surface area contributed by atoms with E-state index in [1.807, 2.05) is 0 Å². The predicted octanol–water partition coefficient (Wildman–Crippen LogP) is 0.197. The molecule has 0 N–H and O–H groups in total. The summed E-state index contributed by atoms with van der Waals surface area (Å²) >= 11 is 0. The SMILES string of the molecule is Cn1cc(C[N+](=O)[O-])cn1. The molecule has 0 unspecified atom stereocenters.